The Kier molecular flexibility index (Phi) is 5.16. The SMILES string of the molecule is Cl.Cn1c(=O)c(CN)cn(C2CCCCC2)c1=O. The Hall–Kier alpha value is -1.07. The molecule has 1 aromatic heterocycles. The van der Waals surface area contributed by atoms with Crippen LogP contribution < -0.4 is 17.0 Å². The summed E-state index contributed by atoms with van der Waals surface area (Å²) in [7, 11) is 1.52. The molecule has 1 fully saturated rings. The fourth-order valence-corrected chi connectivity index (χ4v) is 2.51. The molecule has 1 aliphatic rings. The van der Waals surface area contributed by atoms with Crippen molar-refractivity contribution in [3.05, 3.63) is 32.6 Å². The van der Waals surface area contributed by atoms with Crippen LogP contribution in [0.1, 0.15) is 43.7 Å². The average Bonchev–Trinajstić information content (AvgIpc) is 2.37. The monoisotopic (exact) mass is 273 g/mol. The summed E-state index contributed by atoms with van der Waals surface area (Å²) >= 11 is 0. The minimum atomic E-state index is -0.274. The van der Waals surface area contributed by atoms with Crippen LogP contribution >= 0.6 is 12.4 Å². The highest BCUT2D eigenvalue weighted by molar-refractivity contribution is 5.85. The lowest BCUT2D eigenvalue weighted by atomic mass is 9.95. The molecule has 0 unspecified atom stereocenters. The van der Waals surface area contributed by atoms with Crippen molar-refractivity contribution < 1.29 is 0 Å². The van der Waals surface area contributed by atoms with Crippen LogP contribution in [0.5, 0.6) is 0 Å². The van der Waals surface area contributed by atoms with Crippen molar-refractivity contribution in [2.75, 3.05) is 0 Å². The van der Waals surface area contributed by atoms with Crippen LogP contribution in [0.2, 0.25) is 0 Å². The van der Waals surface area contributed by atoms with Gasteiger partial charge in [0.25, 0.3) is 5.56 Å². The summed E-state index contributed by atoms with van der Waals surface area (Å²) in [5.41, 5.74) is 5.55. The number of nitrogens with zero attached hydrogens (tertiary/aromatic N) is 2. The second kappa shape index (κ2) is 6.20. The van der Waals surface area contributed by atoms with Gasteiger partial charge in [0.05, 0.1) is 0 Å². The van der Waals surface area contributed by atoms with Gasteiger partial charge >= 0.3 is 5.69 Å². The second-order valence-electron chi connectivity index (χ2n) is 4.70. The molecule has 0 spiro atoms. The maximum atomic E-state index is 12.0. The standard InChI is InChI=1S/C12H19N3O2.ClH/c1-14-11(16)9(7-13)8-15(12(14)17)10-5-3-2-4-6-10;/h8,10H,2-7,13H2,1H3;1H. The number of rotatable bonds is 2. The van der Waals surface area contributed by atoms with Gasteiger partial charge in [-0.2, -0.15) is 0 Å². The Morgan fingerprint density at radius 3 is 2.44 bits per heavy atom. The van der Waals surface area contributed by atoms with Crippen molar-refractivity contribution in [1.29, 1.82) is 0 Å². The molecule has 2 N–H and O–H groups in total. The lowest BCUT2D eigenvalue weighted by Crippen LogP contribution is -2.41. The summed E-state index contributed by atoms with van der Waals surface area (Å²) in [5, 5.41) is 0. The van der Waals surface area contributed by atoms with E-state index in [1.807, 2.05) is 0 Å². The highest BCUT2D eigenvalue weighted by Crippen LogP contribution is 2.26. The molecule has 0 aliphatic heterocycles. The van der Waals surface area contributed by atoms with Crippen LogP contribution in [-0.2, 0) is 13.6 Å². The van der Waals surface area contributed by atoms with E-state index in [1.54, 1.807) is 10.8 Å². The molecule has 0 amide bonds. The van der Waals surface area contributed by atoms with Crippen LogP contribution in [0.25, 0.3) is 0 Å². The molecule has 1 aliphatic carbocycles. The van der Waals surface area contributed by atoms with E-state index in [1.165, 1.54) is 13.5 Å². The van der Waals surface area contributed by atoms with Crippen LogP contribution in [0.4, 0.5) is 0 Å². The van der Waals surface area contributed by atoms with Gasteiger partial charge in [-0.05, 0) is 12.8 Å². The Morgan fingerprint density at radius 2 is 1.89 bits per heavy atom. The molecular formula is C12H20ClN3O2. The van der Waals surface area contributed by atoms with Gasteiger partial charge in [0, 0.05) is 31.4 Å². The molecule has 1 aromatic rings. The van der Waals surface area contributed by atoms with Crippen molar-refractivity contribution in [2.45, 2.75) is 44.7 Å². The maximum Gasteiger partial charge on any atom is 0.330 e. The van der Waals surface area contributed by atoms with Crippen molar-refractivity contribution in [2.24, 2.45) is 12.8 Å². The first-order chi connectivity index (χ1) is 8.15. The van der Waals surface area contributed by atoms with Gasteiger partial charge < -0.3 is 5.73 Å². The first kappa shape index (κ1) is 15.0. The fourth-order valence-electron chi connectivity index (χ4n) is 2.51. The van der Waals surface area contributed by atoms with E-state index < -0.39 is 0 Å². The van der Waals surface area contributed by atoms with Gasteiger partial charge in [0.1, 0.15) is 0 Å². The third-order valence-corrected chi connectivity index (χ3v) is 3.57. The zero-order chi connectivity index (χ0) is 12.4. The number of hydrogen-bond acceptors (Lipinski definition) is 3. The van der Waals surface area contributed by atoms with Crippen LogP contribution in [-0.4, -0.2) is 9.13 Å². The summed E-state index contributed by atoms with van der Waals surface area (Å²) in [6.07, 6.45) is 7.22. The van der Waals surface area contributed by atoms with Gasteiger partial charge in [-0.1, -0.05) is 19.3 Å². The summed E-state index contributed by atoms with van der Waals surface area (Å²) in [6.45, 7) is 0.180. The predicted molar refractivity (Wildman–Crippen MR) is 73.2 cm³/mol. The van der Waals surface area contributed by atoms with Crippen LogP contribution in [0, 0.1) is 0 Å². The number of aromatic nitrogens is 2. The molecule has 0 atom stereocenters. The summed E-state index contributed by atoms with van der Waals surface area (Å²) < 4.78 is 2.86. The summed E-state index contributed by atoms with van der Waals surface area (Å²) in [5.74, 6) is 0. The minimum Gasteiger partial charge on any atom is -0.326 e. The van der Waals surface area contributed by atoms with Gasteiger partial charge in [0.2, 0.25) is 0 Å². The molecular weight excluding hydrogens is 254 g/mol. The Morgan fingerprint density at radius 1 is 1.28 bits per heavy atom. The molecule has 18 heavy (non-hydrogen) atoms. The van der Waals surface area contributed by atoms with E-state index >= 15 is 0 Å². The average molecular weight is 274 g/mol. The molecule has 5 nitrogen and oxygen atoms in total. The number of nitrogens with two attached hydrogens (primary N) is 1. The van der Waals surface area contributed by atoms with E-state index in [-0.39, 0.29) is 36.2 Å². The Labute approximate surface area is 112 Å². The molecule has 2 rings (SSSR count). The lowest BCUT2D eigenvalue weighted by Gasteiger charge is -2.24. The van der Waals surface area contributed by atoms with E-state index in [2.05, 4.69) is 0 Å². The van der Waals surface area contributed by atoms with Crippen LogP contribution in [0.3, 0.4) is 0 Å². The predicted octanol–water partition coefficient (Wildman–Crippen LogP) is 0.933. The van der Waals surface area contributed by atoms with Gasteiger partial charge in [-0.15, -0.1) is 12.4 Å². The first-order valence-corrected chi connectivity index (χ1v) is 6.16. The fraction of sp³-hybridized carbons (Fsp3) is 0.667. The van der Waals surface area contributed by atoms with Crippen molar-refractivity contribution in [1.82, 2.24) is 9.13 Å². The van der Waals surface area contributed by atoms with Crippen molar-refractivity contribution in [3.8, 4) is 0 Å². The zero-order valence-corrected chi connectivity index (χ0v) is 11.4. The largest absolute Gasteiger partial charge is 0.330 e. The molecule has 0 saturated heterocycles. The quantitative estimate of drug-likeness (QED) is 0.872. The Bertz CT molecular complexity index is 515. The van der Waals surface area contributed by atoms with E-state index in [0.29, 0.717) is 5.56 Å². The van der Waals surface area contributed by atoms with E-state index in [9.17, 15) is 9.59 Å². The van der Waals surface area contributed by atoms with Crippen LogP contribution in [0.15, 0.2) is 15.8 Å². The molecule has 0 bridgehead atoms. The molecule has 6 heteroatoms. The van der Waals surface area contributed by atoms with Gasteiger partial charge in [-0.25, -0.2) is 4.79 Å². The van der Waals surface area contributed by atoms with Gasteiger partial charge in [-0.3, -0.25) is 13.9 Å². The summed E-state index contributed by atoms with van der Waals surface area (Å²) in [4.78, 5) is 23.8. The highest BCUT2D eigenvalue weighted by Gasteiger charge is 2.18. The lowest BCUT2D eigenvalue weighted by molar-refractivity contribution is 0.336. The third kappa shape index (κ3) is 2.67. The van der Waals surface area contributed by atoms with Crippen molar-refractivity contribution >= 4 is 12.4 Å². The molecule has 102 valence electrons. The van der Waals surface area contributed by atoms with Gasteiger partial charge in [0.15, 0.2) is 0 Å². The number of hydrogen-bond donors (Lipinski definition) is 1. The van der Waals surface area contributed by atoms with E-state index in [0.717, 1.165) is 30.3 Å². The maximum absolute atomic E-state index is 12.0. The molecule has 0 radical (unpaired) electrons. The minimum absolute atomic E-state index is 0. The molecule has 0 aromatic carbocycles. The topological polar surface area (TPSA) is 70.0 Å². The first-order valence-electron chi connectivity index (χ1n) is 6.16. The molecule has 1 heterocycles. The summed E-state index contributed by atoms with van der Waals surface area (Å²) in [6, 6.07) is 0.230. The number of halogens is 1. The van der Waals surface area contributed by atoms with E-state index in [4.69, 9.17) is 5.73 Å². The molecule has 1 saturated carbocycles. The highest BCUT2D eigenvalue weighted by atomic mass is 35.5. The third-order valence-electron chi connectivity index (χ3n) is 3.57. The second-order valence-corrected chi connectivity index (χ2v) is 4.70. The van der Waals surface area contributed by atoms with Crippen molar-refractivity contribution in [3.63, 3.8) is 0 Å². The Balaban J connectivity index is 0.00000162. The smallest absolute Gasteiger partial charge is 0.326 e. The normalized spacial score (nSPS) is 16.3. The zero-order valence-electron chi connectivity index (χ0n) is 10.6.